The second kappa shape index (κ2) is 4.93. The van der Waals surface area contributed by atoms with Gasteiger partial charge in [-0.2, -0.15) is 5.26 Å². The second-order valence-corrected chi connectivity index (χ2v) is 4.63. The maximum atomic E-state index is 9.10. The van der Waals surface area contributed by atoms with Crippen molar-refractivity contribution in [1.82, 2.24) is 9.97 Å². The Hall–Kier alpha value is -1.93. The summed E-state index contributed by atoms with van der Waals surface area (Å²) in [7, 11) is 0. The van der Waals surface area contributed by atoms with Crippen LogP contribution in [0.5, 0.6) is 0 Å². The minimum atomic E-state index is 0.0522. The minimum Gasteiger partial charge on any atom is -0.360 e. The van der Waals surface area contributed by atoms with E-state index in [0.717, 1.165) is 10.6 Å². The molecule has 1 unspecified atom stereocenters. The molecule has 1 atom stereocenters. The number of pyridine rings is 1. The van der Waals surface area contributed by atoms with E-state index in [1.807, 2.05) is 25.3 Å². The van der Waals surface area contributed by atoms with Gasteiger partial charge >= 0.3 is 0 Å². The van der Waals surface area contributed by atoms with Crippen LogP contribution in [0.1, 0.15) is 29.1 Å². The van der Waals surface area contributed by atoms with Gasteiger partial charge in [0.25, 0.3) is 0 Å². The van der Waals surface area contributed by atoms with Crippen molar-refractivity contribution in [2.45, 2.75) is 19.9 Å². The highest BCUT2D eigenvalue weighted by Gasteiger charge is 2.12. The van der Waals surface area contributed by atoms with Crippen molar-refractivity contribution >= 4 is 17.2 Å². The summed E-state index contributed by atoms with van der Waals surface area (Å²) in [5, 5.41) is 15.2. The van der Waals surface area contributed by atoms with Crippen molar-refractivity contribution < 1.29 is 0 Å². The van der Waals surface area contributed by atoms with Crippen molar-refractivity contribution in [2.24, 2.45) is 0 Å². The summed E-state index contributed by atoms with van der Waals surface area (Å²) in [5.41, 5.74) is 1.52. The van der Waals surface area contributed by atoms with E-state index in [1.165, 1.54) is 0 Å². The Kier molecular flexibility index (Phi) is 3.35. The number of thiazole rings is 1. The first-order valence-electron chi connectivity index (χ1n) is 5.24. The standard InChI is InChI=1S/C12H12N4S/c1-8-3-4-14-11(10(8)7-13)16-9(2)12-15-5-6-17-12/h3-6,9H,1-2H3,(H,14,16). The lowest BCUT2D eigenvalue weighted by Crippen LogP contribution is -2.09. The number of nitrogens with zero attached hydrogens (tertiary/aromatic N) is 3. The molecule has 0 aliphatic heterocycles. The molecule has 0 radical (unpaired) electrons. The van der Waals surface area contributed by atoms with Gasteiger partial charge in [-0.3, -0.25) is 0 Å². The summed E-state index contributed by atoms with van der Waals surface area (Å²) < 4.78 is 0. The van der Waals surface area contributed by atoms with Crippen LogP contribution in [-0.2, 0) is 0 Å². The van der Waals surface area contributed by atoms with E-state index in [2.05, 4.69) is 21.4 Å². The summed E-state index contributed by atoms with van der Waals surface area (Å²) in [6.45, 7) is 3.91. The van der Waals surface area contributed by atoms with Crippen LogP contribution in [-0.4, -0.2) is 9.97 Å². The fourth-order valence-electron chi connectivity index (χ4n) is 1.52. The van der Waals surface area contributed by atoms with E-state index in [1.54, 1.807) is 23.7 Å². The molecular weight excluding hydrogens is 232 g/mol. The Morgan fingerprint density at radius 1 is 1.41 bits per heavy atom. The number of aryl methyl sites for hydroxylation is 1. The molecule has 0 amide bonds. The zero-order valence-corrected chi connectivity index (χ0v) is 10.5. The third-order valence-electron chi connectivity index (χ3n) is 2.45. The number of hydrogen-bond donors (Lipinski definition) is 1. The van der Waals surface area contributed by atoms with E-state index < -0.39 is 0 Å². The Morgan fingerprint density at radius 3 is 2.88 bits per heavy atom. The normalized spacial score (nSPS) is 11.8. The predicted octanol–water partition coefficient (Wildman–Crippen LogP) is 2.89. The van der Waals surface area contributed by atoms with Gasteiger partial charge in [0.15, 0.2) is 0 Å². The topological polar surface area (TPSA) is 61.6 Å². The van der Waals surface area contributed by atoms with Crippen LogP contribution in [0, 0.1) is 18.3 Å². The van der Waals surface area contributed by atoms with Crippen molar-refractivity contribution in [3.05, 3.63) is 40.0 Å². The molecule has 5 heteroatoms. The molecule has 2 aromatic rings. The van der Waals surface area contributed by atoms with Gasteiger partial charge < -0.3 is 5.32 Å². The average Bonchev–Trinajstić information content (AvgIpc) is 2.82. The number of hydrogen-bond acceptors (Lipinski definition) is 5. The number of anilines is 1. The quantitative estimate of drug-likeness (QED) is 0.901. The fourth-order valence-corrected chi connectivity index (χ4v) is 2.17. The van der Waals surface area contributed by atoms with Crippen LogP contribution in [0.4, 0.5) is 5.82 Å². The molecule has 0 aromatic carbocycles. The van der Waals surface area contributed by atoms with Crippen LogP contribution in [0.25, 0.3) is 0 Å². The lowest BCUT2D eigenvalue weighted by atomic mass is 10.1. The summed E-state index contributed by atoms with van der Waals surface area (Å²) in [5.74, 6) is 0.621. The van der Waals surface area contributed by atoms with Gasteiger partial charge in [0.1, 0.15) is 16.9 Å². The molecule has 2 rings (SSSR count). The first-order valence-corrected chi connectivity index (χ1v) is 6.12. The maximum Gasteiger partial charge on any atom is 0.144 e. The van der Waals surface area contributed by atoms with Crippen molar-refractivity contribution in [2.75, 3.05) is 5.32 Å². The molecule has 86 valence electrons. The van der Waals surface area contributed by atoms with Gasteiger partial charge in [-0.05, 0) is 25.5 Å². The van der Waals surface area contributed by atoms with Gasteiger partial charge in [0.2, 0.25) is 0 Å². The van der Waals surface area contributed by atoms with E-state index in [9.17, 15) is 0 Å². The van der Waals surface area contributed by atoms with Crippen molar-refractivity contribution in [3.63, 3.8) is 0 Å². The lowest BCUT2D eigenvalue weighted by Gasteiger charge is -2.13. The van der Waals surface area contributed by atoms with E-state index in [-0.39, 0.29) is 6.04 Å². The van der Waals surface area contributed by atoms with Crippen molar-refractivity contribution in [1.29, 1.82) is 5.26 Å². The second-order valence-electron chi connectivity index (χ2n) is 3.70. The van der Waals surface area contributed by atoms with Gasteiger partial charge in [-0.25, -0.2) is 9.97 Å². The molecule has 0 aliphatic rings. The Balaban J connectivity index is 2.25. The highest BCUT2D eigenvalue weighted by molar-refractivity contribution is 7.09. The zero-order valence-electron chi connectivity index (χ0n) is 9.64. The third-order valence-corrected chi connectivity index (χ3v) is 3.40. The monoisotopic (exact) mass is 244 g/mol. The molecule has 0 bridgehead atoms. The van der Waals surface area contributed by atoms with Crippen LogP contribution in [0.15, 0.2) is 23.8 Å². The number of rotatable bonds is 3. The van der Waals surface area contributed by atoms with Crippen LogP contribution in [0.2, 0.25) is 0 Å². The van der Waals surface area contributed by atoms with Gasteiger partial charge in [0, 0.05) is 17.8 Å². The molecular formula is C12H12N4S. The van der Waals surface area contributed by atoms with Crippen LogP contribution >= 0.6 is 11.3 Å². The minimum absolute atomic E-state index is 0.0522. The molecule has 0 fully saturated rings. The summed E-state index contributed by atoms with van der Waals surface area (Å²) in [6.07, 6.45) is 3.47. The number of nitriles is 1. The first kappa shape index (κ1) is 11.6. The SMILES string of the molecule is Cc1ccnc(NC(C)c2nccs2)c1C#N. The summed E-state index contributed by atoms with van der Waals surface area (Å²) in [6, 6.07) is 4.06. The number of aromatic nitrogens is 2. The first-order chi connectivity index (χ1) is 8.22. The van der Waals surface area contributed by atoms with Crippen molar-refractivity contribution in [3.8, 4) is 6.07 Å². The Labute approximate surface area is 104 Å². The fraction of sp³-hybridized carbons (Fsp3) is 0.250. The van der Waals surface area contributed by atoms with Gasteiger partial charge in [-0.15, -0.1) is 11.3 Å². The molecule has 2 aromatic heterocycles. The average molecular weight is 244 g/mol. The predicted molar refractivity (Wildman–Crippen MR) is 67.8 cm³/mol. The van der Waals surface area contributed by atoms with E-state index >= 15 is 0 Å². The largest absolute Gasteiger partial charge is 0.360 e. The smallest absolute Gasteiger partial charge is 0.144 e. The summed E-state index contributed by atoms with van der Waals surface area (Å²) in [4.78, 5) is 8.44. The lowest BCUT2D eigenvalue weighted by molar-refractivity contribution is 0.859. The van der Waals surface area contributed by atoms with Crippen LogP contribution < -0.4 is 5.32 Å². The third kappa shape index (κ3) is 2.43. The molecule has 4 nitrogen and oxygen atoms in total. The van der Waals surface area contributed by atoms with Gasteiger partial charge in [-0.1, -0.05) is 0 Å². The highest BCUT2D eigenvalue weighted by atomic mass is 32.1. The maximum absolute atomic E-state index is 9.10. The zero-order chi connectivity index (χ0) is 12.3. The molecule has 0 spiro atoms. The van der Waals surface area contributed by atoms with Gasteiger partial charge in [0.05, 0.1) is 11.6 Å². The highest BCUT2D eigenvalue weighted by Crippen LogP contribution is 2.22. The molecule has 0 saturated carbocycles. The molecule has 0 aliphatic carbocycles. The Morgan fingerprint density at radius 2 is 2.24 bits per heavy atom. The van der Waals surface area contributed by atoms with E-state index in [0.29, 0.717) is 11.4 Å². The molecule has 17 heavy (non-hydrogen) atoms. The Bertz CT molecular complexity index is 542. The van der Waals surface area contributed by atoms with Crippen LogP contribution in [0.3, 0.4) is 0 Å². The van der Waals surface area contributed by atoms with E-state index in [4.69, 9.17) is 5.26 Å². The number of nitrogens with one attached hydrogen (secondary N) is 1. The molecule has 0 saturated heterocycles. The molecule has 1 N–H and O–H groups in total. The summed E-state index contributed by atoms with van der Waals surface area (Å²) >= 11 is 1.58. The molecule has 2 heterocycles.